The summed E-state index contributed by atoms with van der Waals surface area (Å²) in [7, 11) is 4.02. The summed E-state index contributed by atoms with van der Waals surface area (Å²) in [6.45, 7) is 3.61. The fourth-order valence-corrected chi connectivity index (χ4v) is 3.47. The molecule has 1 aromatic carbocycles. The third-order valence-corrected chi connectivity index (χ3v) is 5.20. The predicted octanol–water partition coefficient (Wildman–Crippen LogP) is 4.36. The van der Waals surface area contributed by atoms with Crippen molar-refractivity contribution in [3.05, 3.63) is 59.0 Å². The number of benzene rings is 1. The first-order chi connectivity index (χ1) is 15.8. The van der Waals surface area contributed by atoms with Crippen LogP contribution in [-0.4, -0.2) is 59.5 Å². The molecular weight excluding hydrogens is 422 g/mol. The number of likely N-dealkylation sites (N-methyl/N-ethyl adjacent to an activating group) is 1. The Labute approximate surface area is 191 Å². The SMILES string of the molecule is Cc1cc(NCCN(C)C)ccc1Nc1oc(C=C2C=Nc3ncccc32)c(O)c1C(=O)O. The third-order valence-electron chi connectivity index (χ3n) is 5.20. The van der Waals surface area contributed by atoms with Gasteiger partial charge in [0.05, 0.1) is 0 Å². The molecule has 0 fully saturated rings. The number of aromatic carboxylic acids is 1. The lowest BCUT2D eigenvalue weighted by atomic mass is 10.1. The van der Waals surface area contributed by atoms with Crippen LogP contribution in [0, 0.1) is 6.92 Å². The summed E-state index contributed by atoms with van der Waals surface area (Å²) < 4.78 is 5.74. The predicted molar refractivity (Wildman–Crippen MR) is 129 cm³/mol. The number of furan rings is 1. The number of pyridine rings is 1. The number of anilines is 3. The third kappa shape index (κ3) is 4.73. The fourth-order valence-electron chi connectivity index (χ4n) is 3.47. The lowest BCUT2D eigenvalue weighted by Crippen LogP contribution is -2.20. The molecule has 3 aromatic rings. The zero-order chi connectivity index (χ0) is 23.5. The molecule has 4 rings (SSSR count). The summed E-state index contributed by atoms with van der Waals surface area (Å²) >= 11 is 0. The van der Waals surface area contributed by atoms with Crippen LogP contribution in [0.3, 0.4) is 0 Å². The Kier molecular flexibility index (Phi) is 6.14. The van der Waals surface area contributed by atoms with Crippen molar-refractivity contribution in [2.75, 3.05) is 37.8 Å². The number of nitrogens with one attached hydrogen (secondary N) is 2. The van der Waals surface area contributed by atoms with Crippen LogP contribution in [0.4, 0.5) is 23.1 Å². The molecule has 0 radical (unpaired) electrons. The zero-order valence-corrected chi connectivity index (χ0v) is 18.6. The molecule has 9 nitrogen and oxygen atoms in total. The minimum absolute atomic E-state index is 0.0210. The molecule has 0 bridgehead atoms. The summed E-state index contributed by atoms with van der Waals surface area (Å²) in [5, 5.41) is 26.6. The molecule has 0 spiro atoms. The van der Waals surface area contributed by atoms with E-state index >= 15 is 0 Å². The monoisotopic (exact) mass is 447 g/mol. The van der Waals surface area contributed by atoms with Crippen LogP contribution in [0.15, 0.2) is 45.9 Å². The second-order valence-electron chi connectivity index (χ2n) is 7.94. The van der Waals surface area contributed by atoms with Crippen molar-refractivity contribution >= 4 is 46.9 Å². The summed E-state index contributed by atoms with van der Waals surface area (Å²) in [4.78, 5) is 22.4. The van der Waals surface area contributed by atoms with Gasteiger partial charge in [-0.3, -0.25) is 0 Å². The number of hydrogen-bond donors (Lipinski definition) is 4. The van der Waals surface area contributed by atoms with Crippen LogP contribution in [-0.2, 0) is 0 Å². The van der Waals surface area contributed by atoms with E-state index < -0.39 is 11.7 Å². The van der Waals surface area contributed by atoms with Crippen LogP contribution < -0.4 is 10.6 Å². The van der Waals surface area contributed by atoms with Crippen molar-refractivity contribution in [1.29, 1.82) is 0 Å². The summed E-state index contributed by atoms with van der Waals surface area (Å²) in [5.74, 6) is -1.23. The van der Waals surface area contributed by atoms with Gasteiger partial charge >= 0.3 is 5.97 Å². The van der Waals surface area contributed by atoms with E-state index in [2.05, 4.69) is 25.5 Å². The smallest absolute Gasteiger partial charge is 0.345 e. The van der Waals surface area contributed by atoms with Gasteiger partial charge in [-0.1, -0.05) is 0 Å². The maximum absolute atomic E-state index is 11.9. The van der Waals surface area contributed by atoms with E-state index in [1.54, 1.807) is 24.6 Å². The first-order valence-electron chi connectivity index (χ1n) is 10.4. The van der Waals surface area contributed by atoms with Gasteiger partial charge in [-0.05, 0) is 63.0 Å². The first kappa shape index (κ1) is 22.1. The number of carbonyl (C=O) groups is 1. The van der Waals surface area contributed by atoms with Gasteiger partial charge in [0.25, 0.3) is 0 Å². The fraction of sp³-hybridized carbons (Fsp3) is 0.208. The number of hydrogen-bond acceptors (Lipinski definition) is 8. The van der Waals surface area contributed by atoms with Crippen LogP contribution >= 0.6 is 0 Å². The Bertz CT molecular complexity index is 1260. The molecule has 1 aliphatic heterocycles. The Morgan fingerprint density at radius 3 is 2.82 bits per heavy atom. The van der Waals surface area contributed by atoms with Gasteiger partial charge in [0.1, 0.15) is 0 Å². The van der Waals surface area contributed by atoms with E-state index in [0.29, 0.717) is 17.1 Å². The summed E-state index contributed by atoms with van der Waals surface area (Å²) in [6, 6.07) is 9.32. The van der Waals surface area contributed by atoms with Crippen molar-refractivity contribution in [2.45, 2.75) is 6.92 Å². The number of aliphatic imine (C=N–C) groups is 1. The molecule has 2 aromatic heterocycles. The molecule has 0 saturated heterocycles. The largest absolute Gasteiger partial charge is 0.504 e. The van der Waals surface area contributed by atoms with Gasteiger partial charge in [-0.25, -0.2) is 14.8 Å². The van der Waals surface area contributed by atoms with Gasteiger partial charge < -0.3 is 30.2 Å². The maximum Gasteiger partial charge on any atom is 0.345 e. The molecule has 33 heavy (non-hydrogen) atoms. The summed E-state index contributed by atoms with van der Waals surface area (Å²) in [5.41, 5.74) is 3.61. The first-order valence-corrected chi connectivity index (χ1v) is 10.4. The van der Waals surface area contributed by atoms with Crippen LogP contribution in [0.25, 0.3) is 11.6 Å². The molecular formula is C24H25N5O4. The van der Waals surface area contributed by atoms with E-state index in [4.69, 9.17) is 4.42 Å². The van der Waals surface area contributed by atoms with E-state index in [1.807, 2.05) is 45.3 Å². The lowest BCUT2D eigenvalue weighted by Gasteiger charge is -2.13. The van der Waals surface area contributed by atoms with Gasteiger partial charge in [0.2, 0.25) is 5.88 Å². The van der Waals surface area contributed by atoms with Crippen molar-refractivity contribution in [1.82, 2.24) is 9.88 Å². The van der Waals surface area contributed by atoms with Crippen molar-refractivity contribution in [2.24, 2.45) is 4.99 Å². The van der Waals surface area contributed by atoms with E-state index in [9.17, 15) is 15.0 Å². The number of fused-ring (bicyclic) bond motifs is 1. The maximum atomic E-state index is 11.9. The van der Waals surface area contributed by atoms with Crippen molar-refractivity contribution < 1.29 is 19.4 Å². The Hall–Kier alpha value is -4.11. The molecule has 0 amide bonds. The average molecular weight is 447 g/mol. The number of aromatic nitrogens is 1. The topological polar surface area (TPSA) is 123 Å². The van der Waals surface area contributed by atoms with Crippen molar-refractivity contribution in [3.63, 3.8) is 0 Å². The molecule has 0 atom stereocenters. The number of aromatic hydroxyl groups is 1. The second-order valence-corrected chi connectivity index (χ2v) is 7.94. The number of carboxylic acid groups (broad SMARTS) is 1. The molecule has 3 heterocycles. The summed E-state index contributed by atoms with van der Waals surface area (Å²) in [6.07, 6.45) is 4.79. The Morgan fingerprint density at radius 1 is 1.27 bits per heavy atom. The van der Waals surface area contributed by atoms with Gasteiger partial charge in [0, 0.05) is 48.0 Å². The standard InChI is InChI=1S/C24H25N5O4/c1-14-11-16(25-9-10-29(2)3)6-7-18(14)28-23-20(24(31)32)21(30)19(33-23)12-15-13-27-22-17(15)5-4-8-26-22/h4-8,11-13,25,28,30H,9-10H2,1-3H3,(H,31,32). The molecule has 0 saturated carbocycles. The molecule has 4 N–H and O–H groups in total. The number of carboxylic acids is 1. The van der Waals surface area contributed by atoms with E-state index in [0.717, 1.165) is 29.9 Å². The number of allylic oxidation sites excluding steroid dienone is 1. The minimum Gasteiger partial charge on any atom is -0.504 e. The molecule has 1 aliphatic rings. The molecule has 0 unspecified atom stereocenters. The lowest BCUT2D eigenvalue weighted by molar-refractivity contribution is 0.0695. The number of nitrogens with zero attached hydrogens (tertiary/aromatic N) is 3. The second kappa shape index (κ2) is 9.17. The van der Waals surface area contributed by atoms with Crippen LogP contribution in [0.2, 0.25) is 0 Å². The Balaban J connectivity index is 1.61. The van der Waals surface area contributed by atoms with Gasteiger partial charge in [0.15, 0.2) is 22.9 Å². The van der Waals surface area contributed by atoms with E-state index in [-0.39, 0.29) is 17.2 Å². The highest BCUT2D eigenvalue weighted by molar-refractivity contribution is 6.21. The van der Waals surface area contributed by atoms with E-state index in [1.165, 1.54) is 0 Å². The highest BCUT2D eigenvalue weighted by Gasteiger charge is 2.26. The van der Waals surface area contributed by atoms with Gasteiger partial charge in [-0.15, -0.1) is 0 Å². The van der Waals surface area contributed by atoms with Gasteiger partial charge in [-0.2, -0.15) is 0 Å². The molecule has 170 valence electrons. The van der Waals surface area contributed by atoms with Crippen LogP contribution in [0.5, 0.6) is 5.75 Å². The molecule has 0 aliphatic carbocycles. The Morgan fingerprint density at radius 2 is 2.09 bits per heavy atom. The quantitative estimate of drug-likeness (QED) is 0.402. The highest BCUT2D eigenvalue weighted by atomic mass is 16.4. The van der Waals surface area contributed by atoms with Crippen LogP contribution in [0.1, 0.15) is 27.2 Å². The van der Waals surface area contributed by atoms with Crippen molar-refractivity contribution in [3.8, 4) is 5.75 Å². The number of aryl methyl sites for hydroxylation is 1. The highest BCUT2D eigenvalue weighted by Crippen LogP contribution is 2.39. The average Bonchev–Trinajstić information content (AvgIpc) is 3.31. The molecule has 9 heteroatoms. The zero-order valence-electron chi connectivity index (χ0n) is 18.6. The normalized spacial score (nSPS) is 13.5. The number of rotatable bonds is 8. The minimum atomic E-state index is -1.30.